The summed E-state index contributed by atoms with van der Waals surface area (Å²) in [7, 11) is -7.88. The minimum absolute atomic E-state index is 0.0487. The van der Waals surface area contributed by atoms with Gasteiger partial charge in [-0.15, -0.1) is 9.66 Å². The van der Waals surface area contributed by atoms with Crippen LogP contribution in [0.15, 0.2) is 58.3 Å². The summed E-state index contributed by atoms with van der Waals surface area (Å²) in [6.45, 7) is 0. The summed E-state index contributed by atoms with van der Waals surface area (Å²) in [5.41, 5.74) is 4.16. The first-order valence-electron chi connectivity index (χ1n) is 9.12. The van der Waals surface area contributed by atoms with Crippen molar-refractivity contribution in [2.45, 2.75) is 35.5 Å². The third-order valence-corrected chi connectivity index (χ3v) is 6.99. The summed E-state index contributed by atoms with van der Waals surface area (Å²) in [4.78, 5) is 27.4. The zero-order chi connectivity index (χ0) is 23.8. The number of hydrazine groups is 2. The standard InChI is InChI=1S/C18H20Cl2N4O6S2/c19-13-5-9-15(10-6-13)31(27,28)23-21-17(25)3-1-2-4-18(26)22-24-32(29,30)16-11-7-14(20)8-12-16/h5-12,23-24H,1-4H2,(H,21,25)(H,22,26). The van der Waals surface area contributed by atoms with Crippen molar-refractivity contribution in [3.8, 4) is 0 Å². The monoisotopic (exact) mass is 522 g/mol. The Morgan fingerprint density at radius 2 is 0.938 bits per heavy atom. The molecular formula is C18H20Cl2N4O6S2. The van der Waals surface area contributed by atoms with Crippen LogP contribution in [-0.4, -0.2) is 28.6 Å². The lowest BCUT2D eigenvalue weighted by molar-refractivity contribution is -0.123. The van der Waals surface area contributed by atoms with Crippen LogP contribution in [0.5, 0.6) is 0 Å². The largest absolute Gasteiger partial charge is 0.278 e. The number of hydrogen-bond acceptors (Lipinski definition) is 6. The Morgan fingerprint density at radius 3 is 1.25 bits per heavy atom. The van der Waals surface area contributed by atoms with E-state index in [1.807, 2.05) is 9.66 Å². The molecule has 0 heterocycles. The van der Waals surface area contributed by atoms with E-state index in [-0.39, 0.29) is 35.5 Å². The van der Waals surface area contributed by atoms with Gasteiger partial charge in [-0.25, -0.2) is 16.8 Å². The average molecular weight is 523 g/mol. The van der Waals surface area contributed by atoms with Gasteiger partial charge in [0.2, 0.25) is 11.8 Å². The number of rotatable bonds is 11. The summed E-state index contributed by atoms with van der Waals surface area (Å²) in [5, 5.41) is 0.740. The zero-order valence-electron chi connectivity index (χ0n) is 16.5. The maximum absolute atomic E-state index is 12.1. The highest BCUT2D eigenvalue weighted by Gasteiger charge is 2.16. The fourth-order valence-electron chi connectivity index (χ4n) is 2.29. The molecule has 2 rings (SSSR count). The molecule has 0 aliphatic heterocycles. The second-order valence-electron chi connectivity index (χ2n) is 6.42. The smallest absolute Gasteiger partial charge is 0.257 e. The molecule has 0 fully saturated rings. The van der Waals surface area contributed by atoms with Gasteiger partial charge in [-0.1, -0.05) is 23.2 Å². The van der Waals surface area contributed by atoms with Crippen molar-refractivity contribution in [2.24, 2.45) is 0 Å². The van der Waals surface area contributed by atoms with Crippen LogP contribution in [0, 0.1) is 0 Å². The van der Waals surface area contributed by atoms with E-state index in [9.17, 15) is 26.4 Å². The van der Waals surface area contributed by atoms with Gasteiger partial charge in [-0.2, -0.15) is 0 Å². The highest BCUT2D eigenvalue weighted by Crippen LogP contribution is 2.14. The molecule has 32 heavy (non-hydrogen) atoms. The molecule has 14 heteroatoms. The Balaban J connectivity index is 1.67. The number of unbranched alkanes of at least 4 members (excludes halogenated alkanes) is 1. The minimum atomic E-state index is -3.94. The minimum Gasteiger partial charge on any atom is -0.278 e. The van der Waals surface area contributed by atoms with Gasteiger partial charge in [0.1, 0.15) is 0 Å². The molecule has 0 saturated carbocycles. The first-order valence-corrected chi connectivity index (χ1v) is 12.8. The summed E-state index contributed by atoms with van der Waals surface area (Å²) < 4.78 is 48.2. The number of halogens is 2. The quantitative estimate of drug-likeness (QED) is 0.261. The van der Waals surface area contributed by atoms with Crippen LogP contribution in [0.3, 0.4) is 0 Å². The van der Waals surface area contributed by atoms with E-state index in [1.54, 1.807) is 0 Å². The first-order chi connectivity index (χ1) is 15.0. The van der Waals surface area contributed by atoms with Crippen molar-refractivity contribution < 1.29 is 26.4 Å². The number of benzene rings is 2. The molecule has 0 saturated heterocycles. The van der Waals surface area contributed by atoms with Gasteiger partial charge >= 0.3 is 0 Å². The van der Waals surface area contributed by atoms with Crippen molar-refractivity contribution in [3.05, 3.63) is 58.6 Å². The molecule has 0 bridgehead atoms. The fourth-order valence-corrected chi connectivity index (χ4v) is 4.26. The predicted octanol–water partition coefficient (Wildman–Crippen LogP) is 1.87. The van der Waals surface area contributed by atoms with E-state index in [0.29, 0.717) is 10.0 Å². The third-order valence-electron chi connectivity index (χ3n) is 3.96. The third kappa shape index (κ3) is 8.37. The highest BCUT2D eigenvalue weighted by molar-refractivity contribution is 7.89. The lowest BCUT2D eigenvalue weighted by Crippen LogP contribution is -2.41. The molecule has 4 N–H and O–H groups in total. The lowest BCUT2D eigenvalue weighted by Gasteiger charge is -2.09. The second-order valence-corrected chi connectivity index (χ2v) is 10.7. The molecule has 0 aliphatic carbocycles. The first kappa shape index (κ1) is 26.0. The zero-order valence-corrected chi connectivity index (χ0v) is 19.6. The van der Waals surface area contributed by atoms with E-state index in [4.69, 9.17) is 23.2 Å². The topological polar surface area (TPSA) is 151 Å². The number of carbonyl (C=O) groups is 2. The second kappa shape index (κ2) is 11.6. The van der Waals surface area contributed by atoms with Gasteiger partial charge in [0.15, 0.2) is 0 Å². The van der Waals surface area contributed by atoms with Crippen molar-refractivity contribution in [2.75, 3.05) is 0 Å². The Kier molecular flexibility index (Phi) is 9.43. The SMILES string of the molecule is O=C(CCCCC(=O)NNS(=O)(=O)c1ccc(Cl)cc1)NNS(=O)(=O)c1ccc(Cl)cc1. The van der Waals surface area contributed by atoms with Gasteiger partial charge in [0.05, 0.1) is 9.79 Å². The van der Waals surface area contributed by atoms with E-state index < -0.39 is 31.9 Å². The molecule has 10 nitrogen and oxygen atoms in total. The van der Waals surface area contributed by atoms with Crippen molar-refractivity contribution in [1.82, 2.24) is 20.5 Å². The summed E-state index contributed by atoms with van der Waals surface area (Å²) >= 11 is 11.4. The van der Waals surface area contributed by atoms with Crippen LogP contribution < -0.4 is 20.5 Å². The number of hydrogen-bond donors (Lipinski definition) is 4. The van der Waals surface area contributed by atoms with E-state index in [2.05, 4.69) is 10.9 Å². The normalized spacial score (nSPS) is 11.7. The van der Waals surface area contributed by atoms with Crippen LogP contribution in [0.2, 0.25) is 10.0 Å². The number of nitrogens with one attached hydrogen (secondary N) is 4. The van der Waals surface area contributed by atoms with Crippen molar-refractivity contribution in [1.29, 1.82) is 0 Å². The Hall–Kier alpha value is -2.22. The molecule has 2 aromatic rings. The van der Waals surface area contributed by atoms with Crippen molar-refractivity contribution in [3.63, 3.8) is 0 Å². The van der Waals surface area contributed by atoms with Crippen molar-refractivity contribution >= 4 is 55.1 Å². The lowest BCUT2D eigenvalue weighted by atomic mass is 10.2. The molecular weight excluding hydrogens is 503 g/mol. The molecule has 0 unspecified atom stereocenters. The van der Waals surface area contributed by atoms with Gasteiger partial charge in [0, 0.05) is 22.9 Å². The number of carbonyl (C=O) groups excluding carboxylic acids is 2. The van der Waals surface area contributed by atoms with Gasteiger partial charge < -0.3 is 0 Å². The van der Waals surface area contributed by atoms with Gasteiger partial charge in [-0.05, 0) is 61.4 Å². The maximum Gasteiger partial charge on any atom is 0.257 e. The summed E-state index contributed by atoms with van der Waals surface area (Å²) in [6, 6.07) is 10.8. The number of sulfonamides is 2. The molecule has 2 aromatic carbocycles. The Labute approximate surface area is 195 Å². The number of amides is 2. The van der Waals surface area contributed by atoms with Crippen LogP contribution >= 0.6 is 23.2 Å². The van der Waals surface area contributed by atoms with E-state index in [1.165, 1.54) is 48.5 Å². The average Bonchev–Trinajstić information content (AvgIpc) is 2.74. The highest BCUT2D eigenvalue weighted by atomic mass is 35.5. The molecule has 0 aromatic heterocycles. The van der Waals surface area contributed by atoms with Gasteiger partial charge in [-0.3, -0.25) is 20.4 Å². The van der Waals surface area contributed by atoms with Crippen LogP contribution in [0.4, 0.5) is 0 Å². The molecule has 0 spiro atoms. The van der Waals surface area contributed by atoms with E-state index in [0.717, 1.165) is 0 Å². The van der Waals surface area contributed by atoms with Crippen LogP contribution in [-0.2, 0) is 29.6 Å². The molecule has 0 radical (unpaired) electrons. The summed E-state index contributed by atoms with van der Waals surface area (Å²) in [6.07, 6.45) is 0.442. The maximum atomic E-state index is 12.1. The Morgan fingerprint density at radius 1 is 0.625 bits per heavy atom. The van der Waals surface area contributed by atoms with Crippen LogP contribution in [0.1, 0.15) is 25.7 Å². The van der Waals surface area contributed by atoms with Crippen LogP contribution in [0.25, 0.3) is 0 Å². The molecule has 0 aliphatic rings. The molecule has 0 atom stereocenters. The predicted molar refractivity (Wildman–Crippen MR) is 118 cm³/mol. The Bertz CT molecular complexity index is 1060. The summed E-state index contributed by atoms with van der Waals surface area (Å²) in [5.74, 6) is -1.18. The molecule has 2 amide bonds. The molecule has 174 valence electrons. The van der Waals surface area contributed by atoms with E-state index >= 15 is 0 Å². The van der Waals surface area contributed by atoms with Gasteiger partial charge in [0.25, 0.3) is 20.0 Å². The fraction of sp³-hybridized carbons (Fsp3) is 0.222.